The van der Waals surface area contributed by atoms with E-state index in [9.17, 15) is 0 Å². The summed E-state index contributed by atoms with van der Waals surface area (Å²) in [6.07, 6.45) is 7.07. The van der Waals surface area contributed by atoms with Crippen molar-refractivity contribution >= 4 is 5.69 Å². The molecule has 0 aromatic carbocycles. The third kappa shape index (κ3) is 2.94. The van der Waals surface area contributed by atoms with Gasteiger partial charge in [0.1, 0.15) is 5.69 Å². The Morgan fingerprint density at radius 1 is 1.45 bits per heavy atom. The van der Waals surface area contributed by atoms with Gasteiger partial charge < -0.3 is 14.8 Å². The number of aromatic nitrogens is 4. The lowest BCUT2D eigenvalue weighted by Gasteiger charge is -2.18. The fourth-order valence-electron chi connectivity index (χ4n) is 2.89. The first kappa shape index (κ1) is 14.9. The first-order valence-electron chi connectivity index (χ1n) is 7.66. The second-order valence-corrected chi connectivity index (χ2v) is 5.58. The molecule has 1 fully saturated rings. The van der Waals surface area contributed by atoms with Gasteiger partial charge in [-0.05, 0) is 13.3 Å². The van der Waals surface area contributed by atoms with Gasteiger partial charge in [0, 0.05) is 44.4 Å². The van der Waals surface area contributed by atoms with E-state index in [0.29, 0.717) is 11.8 Å². The Morgan fingerprint density at radius 3 is 3.05 bits per heavy atom. The van der Waals surface area contributed by atoms with E-state index in [2.05, 4.69) is 28.6 Å². The Kier molecular flexibility index (Phi) is 4.33. The van der Waals surface area contributed by atoms with E-state index in [1.54, 1.807) is 11.8 Å². The quantitative estimate of drug-likeness (QED) is 0.882. The smallest absolute Gasteiger partial charge is 0.256 e. The topological polar surface area (TPSA) is 66.1 Å². The fourth-order valence-corrected chi connectivity index (χ4v) is 2.89. The molecule has 2 aromatic rings. The summed E-state index contributed by atoms with van der Waals surface area (Å²) in [5.41, 5.74) is 2.07. The van der Waals surface area contributed by atoms with Crippen molar-refractivity contribution in [3.8, 4) is 5.88 Å². The maximum absolute atomic E-state index is 5.91. The van der Waals surface area contributed by atoms with Gasteiger partial charge in [-0.15, -0.1) is 5.10 Å². The average molecular weight is 305 g/mol. The highest BCUT2D eigenvalue weighted by atomic mass is 16.5. The molecule has 7 heteroatoms. The Labute approximate surface area is 130 Å². The minimum Gasteiger partial charge on any atom is -0.478 e. The lowest BCUT2D eigenvalue weighted by Crippen LogP contribution is -2.17. The van der Waals surface area contributed by atoms with E-state index in [1.165, 1.54) is 0 Å². The SMILES string of the molecule is CCn1cc([C@H]2OCC[C@@H]2CNc2cn(C)nc2OC)cn1. The van der Waals surface area contributed by atoms with E-state index in [-0.39, 0.29) is 6.10 Å². The van der Waals surface area contributed by atoms with Gasteiger partial charge in [-0.1, -0.05) is 0 Å². The summed E-state index contributed by atoms with van der Waals surface area (Å²) in [7, 11) is 3.52. The van der Waals surface area contributed by atoms with Crippen molar-refractivity contribution in [3.63, 3.8) is 0 Å². The molecule has 0 spiro atoms. The van der Waals surface area contributed by atoms with Crippen LogP contribution in [-0.4, -0.2) is 39.8 Å². The summed E-state index contributed by atoms with van der Waals surface area (Å²) in [6.45, 7) is 4.57. The first-order valence-corrected chi connectivity index (χ1v) is 7.66. The molecule has 2 aromatic heterocycles. The van der Waals surface area contributed by atoms with Crippen LogP contribution in [-0.2, 0) is 18.3 Å². The number of aryl methyl sites for hydroxylation is 2. The molecule has 1 aliphatic heterocycles. The number of ether oxygens (including phenoxy) is 2. The zero-order valence-electron chi connectivity index (χ0n) is 13.3. The molecule has 0 radical (unpaired) electrons. The number of methoxy groups -OCH3 is 1. The second-order valence-electron chi connectivity index (χ2n) is 5.58. The standard InChI is InChI=1S/C15H23N5O2/c1-4-20-9-12(8-17-20)14-11(5-6-22-14)7-16-13-10-19(2)18-15(13)21-3/h8-11,14,16H,4-7H2,1-3H3/t11-,14+/m1/s1. The summed E-state index contributed by atoms with van der Waals surface area (Å²) in [5, 5.41) is 12.0. The van der Waals surface area contributed by atoms with Crippen molar-refractivity contribution in [2.45, 2.75) is 26.0 Å². The summed E-state index contributed by atoms with van der Waals surface area (Å²) in [4.78, 5) is 0. The van der Waals surface area contributed by atoms with E-state index in [4.69, 9.17) is 9.47 Å². The molecule has 0 amide bonds. The van der Waals surface area contributed by atoms with Gasteiger partial charge in [-0.25, -0.2) is 0 Å². The van der Waals surface area contributed by atoms with Gasteiger partial charge >= 0.3 is 0 Å². The van der Waals surface area contributed by atoms with Crippen molar-refractivity contribution in [1.29, 1.82) is 0 Å². The minimum atomic E-state index is 0.107. The van der Waals surface area contributed by atoms with Gasteiger partial charge in [0.15, 0.2) is 0 Å². The zero-order valence-corrected chi connectivity index (χ0v) is 13.3. The van der Waals surface area contributed by atoms with Gasteiger partial charge in [0.2, 0.25) is 0 Å². The van der Waals surface area contributed by atoms with Gasteiger partial charge in [0.05, 0.1) is 25.6 Å². The molecule has 0 unspecified atom stereocenters. The summed E-state index contributed by atoms with van der Waals surface area (Å²) in [5.74, 6) is 1.04. The molecule has 1 aliphatic rings. The molecule has 22 heavy (non-hydrogen) atoms. The van der Waals surface area contributed by atoms with Crippen LogP contribution < -0.4 is 10.1 Å². The molecule has 7 nitrogen and oxygen atoms in total. The number of rotatable bonds is 6. The molecule has 2 atom stereocenters. The van der Waals surface area contributed by atoms with Gasteiger partial charge in [0.25, 0.3) is 5.88 Å². The molecule has 3 heterocycles. The number of anilines is 1. The molecule has 1 saturated heterocycles. The number of nitrogens with one attached hydrogen (secondary N) is 1. The zero-order chi connectivity index (χ0) is 15.5. The highest BCUT2D eigenvalue weighted by Gasteiger charge is 2.30. The van der Waals surface area contributed by atoms with E-state index >= 15 is 0 Å². The van der Waals surface area contributed by atoms with Crippen molar-refractivity contribution in [3.05, 3.63) is 24.2 Å². The number of hydrogen-bond acceptors (Lipinski definition) is 5. The van der Waals surface area contributed by atoms with Crippen molar-refractivity contribution in [2.75, 3.05) is 25.6 Å². The lowest BCUT2D eigenvalue weighted by molar-refractivity contribution is 0.0932. The Hall–Kier alpha value is -2.02. The Balaban J connectivity index is 1.66. The van der Waals surface area contributed by atoms with Crippen LogP contribution in [0.1, 0.15) is 25.0 Å². The third-order valence-corrected chi connectivity index (χ3v) is 4.06. The largest absolute Gasteiger partial charge is 0.478 e. The third-order valence-electron chi connectivity index (χ3n) is 4.06. The van der Waals surface area contributed by atoms with Gasteiger partial charge in [-0.3, -0.25) is 9.36 Å². The lowest BCUT2D eigenvalue weighted by atomic mass is 9.97. The van der Waals surface area contributed by atoms with Crippen LogP contribution in [0.3, 0.4) is 0 Å². The molecule has 0 aliphatic carbocycles. The van der Waals surface area contributed by atoms with Crippen LogP contribution in [0.5, 0.6) is 5.88 Å². The summed E-state index contributed by atoms with van der Waals surface area (Å²) in [6, 6.07) is 0. The summed E-state index contributed by atoms with van der Waals surface area (Å²) < 4.78 is 14.9. The van der Waals surface area contributed by atoms with Crippen LogP contribution in [0.4, 0.5) is 5.69 Å². The summed E-state index contributed by atoms with van der Waals surface area (Å²) >= 11 is 0. The molecule has 0 saturated carbocycles. The highest BCUT2D eigenvalue weighted by molar-refractivity contribution is 5.51. The Morgan fingerprint density at radius 2 is 2.32 bits per heavy atom. The predicted octanol–water partition coefficient (Wildman–Crippen LogP) is 1.83. The molecule has 0 bridgehead atoms. The minimum absolute atomic E-state index is 0.107. The molecule has 120 valence electrons. The number of hydrogen-bond donors (Lipinski definition) is 1. The predicted molar refractivity (Wildman–Crippen MR) is 83.0 cm³/mol. The van der Waals surface area contributed by atoms with Crippen LogP contribution >= 0.6 is 0 Å². The average Bonchev–Trinajstić information content (AvgIpc) is 3.23. The number of nitrogens with zero attached hydrogens (tertiary/aromatic N) is 4. The monoisotopic (exact) mass is 305 g/mol. The van der Waals surface area contributed by atoms with E-state index in [0.717, 1.165) is 37.4 Å². The van der Waals surface area contributed by atoms with Gasteiger partial charge in [-0.2, -0.15) is 5.10 Å². The molecular weight excluding hydrogens is 282 g/mol. The Bertz CT molecular complexity index is 621. The molecular formula is C15H23N5O2. The van der Waals surface area contributed by atoms with Crippen molar-refractivity contribution < 1.29 is 9.47 Å². The van der Waals surface area contributed by atoms with E-state index in [1.807, 2.05) is 24.1 Å². The van der Waals surface area contributed by atoms with Crippen LogP contribution in [0.2, 0.25) is 0 Å². The maximum atomic E-state index is 5.91. The van der Waals surface area contributed by atoms with Crippen LogP contribution in [0.25, 0.3) is 0 Å². The highest BCUT2D eigenvalue weighted by Crippen LogP contribution is 2.35. The maximum Gasteiger partial charge on any atom is 0.256 e. The van der Waals surface area contributed by atoms with Crippen molar-refractivity contribution in [2.24, 2.45) is 13.0 Å². The normalized spacial score (nSPS) is 21.2. The van der Waals surface area contributed by atoms with Crippen LogP contribution in [0, 0.1) is 5.92 Å². The van der Waals surface area contributed by atoms with Crippen LogP contribution in [0.15, 0.2) is 18.6 Å². The molecule has 3 rings (SSSR count). The second kappa shape index (κ2) is 6.39. The van der Waals surface area contributed by atoms with Crippen molar-refractivity contribution in [1.82, 2.24) is 19.6 Å². The fraction of sp³-hybridized carbons (Fsp3) is 0.600. The molecule has 1 N–H and O–H groups in total. The van der Waals surface area contributed by atoms with E-state index < -0.39 is 0 Å². The first-order chi connectivity index (χ1) is 10.7.